The first-order valence-corrected chi connectivity index (χ1v) is 6.29. The monoisotopic (exact) mass is 234 g/mol. The van der Waals surface area contributed by atoms with E-state index in [-0.39, 0.29) is 0 Å². The zero-order chi connectivity index (χ0) is 12.3. The van der Waals surface area contributed by atoms with Gasteiger partial charge in [0.15, 0.2) is 0 Å². The van der Waals surface area contributed by atoms with E-state index in [1.807, 2.05) is 12.1 Å². The number of anilines is 1. The molecule has 0 spiro atoms. The molecular formula is C14H22N2O. The minimum Gasteiger partial charge on any atom is -0.497 e. The summed E-state index contributed by atoms with van der Waals surface area (Å²) in [6.07, 6.45) is 4.19. The molecule has 1 fully saturated rings. The first-order valence-electron chi connectivity index (χ1n) is 6.29. The van der Waals surface area contributed by atoms with E-state index >= 15 is 0 Å². The van der Waals surface area contributed by atoms with Crippen molar-refractivity contribution in [3.8, 4) is 5.75 Å². The van der Waals surface area contributed by atoms with Gasteiger partial charge in [0, 0.05) is 24.8 Å². The first kappa shape index (κ1) is 12.2. The third kappa shape index (κ3) is 3.37. The Kier molecular flexibility index (Phi) is 3.89. The molecule has 0 aromatic heterocycles. The van der Waals surface area contributed by atoms with Gasteiger partial charge in [-0.15, -0.1) is 0 Å². The summed E-state index contributed by atoms with van der Waals surface area (Å²) in [5.74, 6) is 1.75. The third-order valence-electron chi connectivity index (χ3n) is 3.47. The highest BCUT2D eigenvalue weighted by molar-refractivity contribution is 5.47. The van der Waals surface area contributed by atoms with Gasteiger partial charge in [-0.25, -0.2) is 0 Å². The Morgan fingerprint density at radius 3 is 2.71 bits per heavy atom. The average Bonchev–Trinajstić information content (AvgIpc) is 2.22. The van der Waals surface area contributed by atoms with Crippen LogP contribution in [0.25, 0.3) is 0 Å². The Bertz CT molecular complexity index is 374. The van der Waals surface area contributed by atoms with Crippen LogP contribution in [-0.4, -0.2) is 25.6 Å². The molecule has 0 radical (unpaired) electrons. The number of benzene rings is 1. The Labute approximate surface area is 104 Å². The molecule has 1 saturated carbocycles. The van der Waals surface area contributed by atoms with Gasteiger partial charge in [-0.3, -0.25) is 0 Å². The van der Waals surface area contributed by atoms with Gasteiger partial charge in [0.2, 0.25) is 0 Å². The zero-order valence-electron chi connectivity index (χ0n) is 10.8. The summed E-state index contributed by atoms with van der Waals surface area (Å²) in [5, 5.41) is 0. The van der Waals surface area contributed by atoms with E-state index in [2.05, 4.69) is 18.0 Å². The number of rotatable bonds is 5. The molecule has 0 heterocycles. The van der Waals surface area contributed by atoms with E-state index in [0.29, 0.717) is 0 Å². The smallest absolute Gasteiger partial charge is 0.121 e. The third-order valence-corrected chi connectivity index (χ3v) is 3.47. The molecule has 0 atom stereocenters. The predicted molar refractivity (Wildman–Crippen MR) is 71.1 cm³/mol. The lowest BCUT2D eigenvalue weighted by molar-refractivity contribution is 0.200. The van der Waals surface area contributed by atoms with Crippen LogP contribution in [0.1, 0.15) is 24.8 Å². The van der Waals surface area contributed by atoms with Crippen molar-refractivity contribution < 1.29 is 4.74 Å². The molecular weight excluding hydrogens is 212 g/mol. The number of hydrogen-bond donors (Lipinski definition) is 1. The van der Waals surface area contributed by atoms with Crippen molar-refractivity contribution >= 4 is 5.69 Å². The first-order chi connectivity index (χ1) is 8.17. The Morgan fingerprint density at radius 2 is 2.12 bits per heavy atom. The maximum atomic E-state index is 5.85. The minimum atomic E-state index is 0.774. The van der Waals surface area contributed by atoms with Crippen molar-refractivity contribution in [1.82, 2.24) is 4.90 Å². The minimum absolute atomic E-state index is 0.774. The topological polar surface area (TPSA) is 38.5 Å². The molecule has 2 rings (SSSR count). The van der Waals surface area contributed by atoms with Crippen LogP contribution in [0, 0.1) is 5.92 Å². The van der Waals surface area contributed by atoms with Gasteiger partial charge in [0.1, 0.15) is 5.75 Å². The summed E-state index contributed by atoms with van der Waals surface area (Å²) >= 11 is 0. The molecule has 2 N–H and O–H groups in total. The van der Waals surface area contributed by atoms with E-state index in [1.54, 1.807) is 7.11 Å². The molecule has 1 aliphatic rings. The van der Waals surface area contributed by atoms with Crippen molar-refractivity contribution in [3.05, 3.63) is 23.8 Å². The van der Waals surface area contributed by atoms with Crippen molar-refractivity contribution in [3.63, 3.8) is 0 Å². The van der Waals surface area contributed by atoms with E-state index in [9.17, 15) is 0 Å². The normalized spacial score (nSPS) is 15.9. The fourth-order valence-electron chi connectivity index (χ4n) is 2.39. The summed E-state index contributed by atoms with van der Waals surface area (Å²) < 4.78 is 5.23. The molecule has 3 nitrogen and oxygen atoms in total. The molecule has 0 saturated heterocycles. The highest BCUT2D eigenvalue weighted by Crippen LogP contribution is 2.27. The van der Waals surface area contributed by atoms with Gasteiger partial charge in [0.05, 0.1) is 7.11 Å². The average molecular weight is 234 g/mol. The van der Waals surface area contributed by atoms with Crippen molar-refractivity contribution in [2.24, 2.45) is 5.92 Å². The lowest BCUT2D eigenvalue weighted by Crippen LogP contribution is -2.29. The van der Waals surface area contributed by atoms with E-state index in [0.717, 1.165) is 23.9 Å². The second kappa shape index (κ2) is 5.41. The van der Waals surface area contributed by atoms with Crippen LogP contribution in [-0.2, 0) is 6.54 Å². The van der Waals surface area contributed by atoms with Crippen LogP contribution in [0.15, 0.2) is 18.2 Å². The van der Waals surface area contributed by atoms with Crippen LogP contribution in [0.5, 0.6) is 5.75 Å². The molecule has 1 aromatic carbocycles. The van der Waals surface area contributed by atoms with Gasteiger partial charge < -0.3 is 15.4 Å². The highest BCUT2D eigenvalue weighted by atomic mass is 16.5. The predicted octanol–water partition coefficient (Wildman–Crippen LogP) is 2.51. The summed E-state index contributed by atoms with van der Waals surface area (Å²) in [4.78, 5) is 2.37. The largest absolute Gasteiger partial charge is 0.497 e. The molecule has 94 valence electrons. The summed E-state index contributed by atoms with van der Waals surface area (Å²) in [5.41, 5.74) is 7.85. The molecule has 0 bridgehead atoms. The molecule has 0 amide bonds. The molecule has 0 aliphatic heterocycles. The van der Waals surface area contributed by atoms with Crippen LogP contribution in [0.2, 0.25) is 0 Å². The molecule has 0 unspecified atom stereocenters. The van der Waals surface area contributed by atoms with Crippen molar-refractivity contribution in [2.45, 2.75) is 25.8 Å². The number of nitrogen functional groups attached to an aromatic ring is 1. The van der Waals surface area contributed by atoms with Gasteiger partial charge in [-0.05, 0) is 43.5 Å². The van der Waals surface area contributed by atoms with E-state index in [4.69, 9.17) is 10.5 Å². The van der Waals surface area contributed by atoms with Gasteiger partial charge in [-0.2, -0.15) is 0 Å². The van der Waals surface area contributed by atoms with Crippen molar-refractivity contribution in [2.75, 3.05) is 26.4 Å². The standard InChI is InChI=1S/C14H22N2O/c1-16(9-11-4-3-5-11)10-12-6-13(15)8-14(7-12)17-2/h6-8,11H,3-5,9-10,15H2,1-2H3. The van der Waals surface area contributed by atoms with Crippen molar-refractivity contribution in [1.29, 1.82) is 0 Å². The number of nitrogens with two attached hydrogens (primary N) is 1. The second-order valence-electron chi connectivity index (χ2n) is 5.11. The quantitative estimate of drug-likeness (QED) is 0.796. The number of nitrogens with zero attached hydrogens (tertiary/aromatic N) is 1. The maximum Gasteiger partial charge on any atom is 0.121 e. The van der Waals surface area contributed by atoms with Crippen LogP contribution in [0.4, 0.5) is 5.69 Å². The molecule has 3 heteroatoms. The fourth-order valence-corrected chi connectivity index (χ4v) is 2.39. The summed E-state index contributed by atoms with van der Waals surface area (Å²) in [6, 6.07) is 5.95. The van der Waals surface area contributed by atoms with Crippen LogP contribution < -0.4 is 10.5 Å². The van der Waals surface area contributed by atoms with Gasteiger partial charge >= 0.3 is 0 Å². The second-order valence-corrected chi connectivity index (χ2v) is 5.11. The highest BCUT2D eigenvalue weighted by Gasteiger charge is 2.19. The van der Waals surface area contributed by atoms with E-state index in [1.165, 1.54) is 31.4 Å². The zero-order valence-corrected chi connectivity index (χ0v) is 10.8. The number of ether oxygens (including phenoxy) is 1. The Morgan fingerprint density at radius 1 is 1.35 bits per heavy atom. The summed E-state index contributed by atoms with van der Waals surface area (Å²) in [7, 11) is 3.85. The summed E-state index contributed by atoms with van der Waals surface area (Å²) in [6.45, 7) is 2.13. The molecule has 1 aromatic rings. The van der Waals surface area contributed by atoms with E-state index < -0.39 is 0 Å². The molecule has 17 heavy (non-hydrogen) atoms. The van der Waals surface area contributed by atoms with Crippen LogP contribution >= 0.6 is 0 Å². The fraction of sp³-hybridized carbons (Fsp3) is 0.571. The SMILES string of the molecule is COc1cc(N)cc(CN(C)CC2CCC2)c1. The van der Waals surface area contributed by atoms with Crippen LogP contribution in [0.3, 0.4) is 0 Å². The number of methoxy groups -OCH3 is 1. The van der Waals surface area contributed by atoms with Gasteiger partial charge in [0.25, 0.3) is 0 Å². The molecule has 1 aliphatic carbocycles. The van der Waals surface area contributed by atoms with Gasteiger partial charge in [-0.1, -0.05) is 6.42 Å². The Hall–Kier alpha value is -1.22. The maximum absolute atomic E-state index is 5.85. The lowest BCUT2D eigenvalue weighted by atomic mass is 9.85. The lowest BCUT2D eigenvalue weighted by Gasteiger charge is -2.30. The number of hydrogen-bond acceptors (Lipinski definition) is 3. The Balaban J connectivity index is 1.94.